The minimum Gasteiger partial charge on any atom is -0.297 e. The van der Waals surface area contributed by atoms with Crippen LogP contribution in [-0.2, 0) is 30.0 Å². The summed E-state index contributed by atoms with van der Waals surface area (Å²) in [5, 5.41) is 4.27. The Morgan fingerprint density at radius 3 is 2.59 bits per heavy atom. The molecule has 2 aliphatic heterocycles. The molecule has 2 aliphatic rings. The highest BCUT2D eigenvalue weighted by Crippen LogP contribution is 2.46. The van der Waals surface area contributed by atoms with E-state index in [4.69, 9.17) is 0 Å². The van der Waals surface area contributed by atoms with Crippen LogP contribution in [0, 0.1) is 11.3 Å². The number of rotatable bonds is 6. The van der Waals surface area contributed by atoms with E-state index >= 15 is 0 Å². The van der Waals surface area contributed by atoms with Gasteiger partial charge < -0.3 is 0 Å². The van der Waals surface area contributed by atoms with Gasteiger partial charge in [0, 0.05) is 51.4 Å². The number of aryl methyl sites for hydroxylation is 2. The molecule has 0 saturated carbocycles. The maximum atomic E-state index is 12.2. The highest BCUT2D eigenvalue weighted by atomic mass is 32.2. The Labute approximate surface area is 161 Å². The van der Waals surface area contributed by atoms with E-state index in [1.54, 1.807) is 4.31 Å². The SMILES string of the molecule is Cn1nccc1CN1C[C@H]2CN(S(C)(=O)=O)C[C@@]2(CCc2ccccc2)C1. The highest BCUT2D eigenvalue weighted by molar-refractivity contribution is 7.88. The lowest BCUT2D eigenvalue weighted by atomic mass is 9.76. The molecule has 4 rings (SSSR count). The Kier molecular flexibility index (Phi) is 4.86. The Bertz CT molecular complexity index is 896. The summed E-state index contributed by atoms with van der Waals surface area (Å²) in [5.41, 5.74) is 2.57. The molecule has 2 atom stereocenters. The summed E-state index contributed by atoms with van der Waals surface area (Å²) >= 11 is 0. The van der Waals surface area contributed by atoms with Crippen molar-refractivity contribution in [3.8, 4) is 0 Å². The monoisotopic (exact) mass is 388 g/mol. The van der Waals surface area contributed by atoms with E-state index in [0.29, 0.717) is 19.0 Å². The lowest BCUT2D eigenvalue weighted by Gasteiger charge is -2.29. The fraction of sp³-hybridized carbons (Fsp3) is 0.550. The van der Waals surface area contributed by atoms with Gasteiger partial charge in [0.15, 0.2) is 0 Å². The molecular weight excluding hydrogens is 360 g/mol. The number of hydrogen-bond acceptors (Lipinski definition) is 4. The van der Waals surface area contributed by atoms with E-state index in [1.807, 2.05) is 24.0 Å². The number of fused-ring (bicyclic) bond motifs is 1. The van der Waals surface area contributed by atoms with Crippen LogP contribution in [0.5, 0.6) is 0 Å². The van der Waals surface area contributed by atoms with Gasteiger partial charge in [-0.15, -0.1) is 0 Å². The second-order valence-electron chi connectivity index (χ2n) is 8.22. The number of sulfonamides is 1. The average molecular weight is 389 g/mol. The topological polar surface area (TPSA) is 58.4 Å². The van der Waals surface area contributed by atoms with Crippen LogP contribution < -0.4 is 0 Å². The first-order valence-corrected chi connectivity index (χ1v) is 11.4. The van der Waals surface area contributed by atoms with Gasteiger partial charge in [-0.05, 0) is 30.4 Å². The van der Waals surface area contributed by atoms with Crippen LogP contribution in [0.4, 0.5) is 0 Å². The molecule has 0 bridgehead atoms. The lowest BCUT2D eigenvalue weighted by Crippen LogP contribution is -2.36. The molecule has 7 heteroatoms. The molecule has 1 aromatic heterocycles. The molecule has 6 nitrogen and oxygen atoms in total. The fourth-order valence-electron chi connectivity index (χ4n) is 4.80. The first-order chi connectivity index (χ1) is 12.9. The van der Waals surface area contributed by atoms with Gasteiger partial charge in [-0.3, -0.25) is 9.58 Å². The zero-order valence-corrected chi connectivity index (χ0v) is 16.9. The molecule has 2 fully saturated rings. The van der Waals surface area contributed by atoms with E-state index in [9.17, 15) is 8.42 Å². The van der Waals surface area contributed by atoms with E-state index < -0.39 is 10.0 Å². The van der Waals surface area contributed by atoms with Crippen molar-refractivity contribution >= 4 is 10.0 Å². The van der Waals surface area contributed by atoms with Crippen molar-refractivity contribution < 1.29 is 8.42 Å². The Hall–Kier alpha value is -1.70. The molecule has 0 spiro atoms. The van der Waals surface area contributed by atoms with Gasteiger partial charge in [-0.2, -0.15) is 5.10 Å². The normalized spacial score (nSPS) is 26.5. The number of aromatic nitrogens is 2. The molecule has 146 valence electrons. The van der Waals surface area contributed by atoms with Crippen molar-refractivity contribution in [2.24, 2.45) is 18.4 Å². The van der Waals surface area contributed by atoms with Crippen molar-refractivity contribution in [1.29, 1.82) is 0 Å². The minimum absolute atomic E-state index is 0.0392. The summed E-state index contributed by atoms with van der Waals surface area (Å²) in [6.45, 7) is 4.06. The molecule has 27 heavy (non-hydrogen) atoms. The zero-order chi connectivity index (χ0) is 19.1. The van der Waals surface area contributed by atoms with Crippen LogP contribution in [0.15, 0.2) is 42.6 Å². The van der Waals surface area contributed by atoms with Crippen molar-refractivity contribution in [3.05, 3.63) is 53.9 Å². The van der Waals surface area contributed by atoms with Gasteiger partial charge in [-0.1, -0.05) is 30.3 Å². The third kappa shape index (κ3) is 3.81. The van der Waals surface area contributed by atoms with Gasteiger partial charge in [-0.25, -0.2) is 12.7 Å². The van der Waals surface area contributed by atoms with Crippen LogP contribution >= 0.6 is 0 Å². The van der Waals surface area contributed by atoms with E-state index in [0.717, 1.165) is 32.5 Å². The third-order valence-electron chi connectivity index (χ3n) is 6.33. The molecule has 1 aromatic carbocycles. The largest absolute Gasteiger partial charge is 0.297 e. The summed E-state index contributed by atoms with van der Waals surface area (Å²) in [7, 11) is -1.16. The van der Waals surface area contributed by atoms with Crippen molar-refractivity contribution in [2.45, 2.75) is 19.4 Å². The third-order valence-corrected chi connectivity index (χ3v) is 7.55. The van der Waals surface area contributed by atoms with E-state index in [-0.39, 0.29) is 5.41 Å². The maximum Gasteiger partial charge on any atom is 0.211 e. The second kappa shape index (κ2) is 7.04. The molecule has 0 aliphatic carbocycles. The summed E-state index contributed by atoms with van der Waals surface area (Å²) in [4.78, 5) is 2.48. The van der Waals surface area contributed by atoms with Crippen molar-refractivity contribution in [2.75, 3.05) is 32.4 Å². The molecule has 0 N–H and O–H groups in total. The number of hydrogen-bond donors (Lipinski definition) is 0. The Morgan fingerprint density at radius 1 is 1.15 bits per heavy atom. The van der Waals surface area contributed by atoms with Crippen LogP contribution in [0.3, 0.4) is 0 Å². The molecule has 0 radical (unpaired) electrons. The van der Waals surface area contributed by atoms with Crippen LogP contribution in [-0.4, -0.2) is 59.8 Å². The standard InChI is InChI=1S/C20H28N4O2S/c1-22-19(9-11-21-22)14-23-12-18-13-24(27(2,25)26)16-20(18,15-23)10-8-17-6-4-3-5-7-17/h3-7,9,11,18H,8,10,12-16H2,1-2H3/t18-,20+/m0/s1. The summed E-state index contributed by atoms with van der Waals surface area (Å²) in [5.74, 6) is 0.393. The molecule has 2 saturated heterocycles. The molecular formula is C20H28N4O2S. The molecule has 3 heterocycles. The highest BCUT2D eigenvalue weighted by Gasteiger charge is 2.53. The van der Waals surface area contributed by atoms with Crippen LogP contribution in [0.2, 0.25) is 0 Å². The Morgan fingerprint density at radius 2 is 1.93 bits per heavy atom. The first-order valence-electron chi connectivity index (χ1n) is 9.54. The molecule has 0 amide bonds. The van der Waals surface area contributed by atoms with Gasteiger partial charge in [0.1, 0.15) is 0 Å². The molecule has 2 aromatic rings. The van der Waals surface area contributed by atoms with Gasteiger partial charge in [0.25, 0.3) is 0 Å². The number of benzene rings is 1. The van der Waals surface area contributed by atoms with Crippen molar-refractivity contribution in [1.82, 2.24) is 19.0 Å². The summed E-state index contributed by atoms with van der Waals surface area (Å²) < 4.78 is 28.0. The predicted molar refractivity (Wildman–Crippen MR) is 106 cm³/mol. The minimum atomic E-state index is -3.14. The van der Waals surface area contributed by atoms with Gasteiger partial charge in [0.05, 0.1) is 11.9 Å². The lowest BCUT2D eigenvalue weighted by molar-refractivity contribution is 0.222. The molecule has 0 unspecified atom stereocenters. The van der Waals surface area contributed by atoms with Gasteiger partial charge in [0.2, 0.25) is 10.0 Å². The predicted octanol–water partition coefficient (Wildman–Crippen LogP) is 1.75. The second-order valence-corrected chi connectivity index (χ2v) is 10.2. The summed E-state index contributed by atoms with van der Waals surface area (Å²) in [6, 6.07) is 12.6. The van der Waals surface area contributed by atoms with Crippen LogP contribution in [0.1, 0.15) is 17.7 Å². The zero-order valence-electron chi connectivity index (χ0n) is 16.1. The number of nitrogens with zero attached hydrogens (tertiary/aromatic N) is 4. The van der Waals surface area contributed by atoms with Crippen molar-refractivity contribution in [3.63, 3.8) is 0 Å². The quantitative estimate of drug-likeness (QED) is 0.756. The smallest absolute Gasteiger partial charge is 0.211 e. The van der Waals surface area contributed by atoms with Gasteiger partial charge >= 0.3 is 0 Å². The average Bonchev–Trinajstić information content (AvgIpc) is 3.27. The fourth-order valence-corrected chi connectivity index (χ4v) is 5.74. The Balaban J connectivity index is 1.52. The van der Waals surface area contributed by atoms with Crippen LogP contribution in [0.25, 0.3) is 0 Å². The van der Waals surface area contributed by atoms with E-state index in [2.05, 4.69) is 40.3 Å². The summed E-state index contributed by atoms with van der Waals surface area (Å²) in [6.07, 6.45) is 5.19. The van der Waals surface area contributed by atoms with E-state index in [1.165, 1.54) is 17.5 Å². The first kappa shape index (κ1) is 18.7. The maximum absolute atomic E-state index is 12.2. The number of likely N-dealkylation sites (tertiary alicyclic amines) is 1.